The van der Waals surface area contributed by atoms with Crippen LogP contribution >= 0.6 is 0 Å². The molecule has 26 heavy (non-hydrogen) atoms. The van der Waals surface area contributed by atoms with E-state index in [1.54, 1.807) is 12.5 Å². The van der Waals surface area contributed by atoms with Crippen LogP contribution in [0.5, 0.6) is 0 Å². The SMILES string of the molecule is O=C(CCc1cc(F)ccc1F)NCc1cccc(Cn2ccnc2)c1. The third-order valence-electron chi connectivity index (χ3n) is 4.03. The minimum absolute atomic E-state index is 0.106. The summed E-state index contributed by atoms with van der Waals surface area (Å²) in [7, 11) is 0. The van der Waals surface area contributed by atoms with Gasteiger partial charge in [-0.2, -0.15) is 0 Å². The molecule has 0 aliphatic carbocycles. The minimum Gasteiger partial charge on any atom is -0.352 e. The van der Waals surface area contributed by atoms with Crippen LogP contribution in [0.3, 0.4) is 0 Å². The second-order valence-electron chi connectivity index (χ2n) is 6.07. The lowest BCUT2D eigenvalue weighted by Gasteiger charge is -2.08. The van der Waals surface area contributed by atoms with E-state index < -0.39 is 11.6 Å². The van der Waals surface area contributed by atoms with Gasteiger partial charge in [0, 0.05) is 31.9 Å². The molecule has 3 aromatic rings. The number of aryl methyl sites for hydroxylation is 1. The first-order valence-electron chi connectivity index (χ1n) is 8.34. The molecule has 4 nitrogen and oxygen atoms in total. The summed E-state index contributed by atoms with van der Waals surface area (Å²) in [4.78, 5) is 16.0. The van der Waals surface area contributed by atoms with E-state index in [-0.39, 0.29) is 24.3 Å². The maximum atomic E-state index is 13.6. The third kappa shape index (κ3) is 4.99. The number of nitrogens with zero attached hydrogens (tertiary/aromatic N) is 2. The Labute approximate surface area is 150 Å². The summed E-state index contributed by atoms with van der Waals surface area (Å²) < 4.78 is 28.7. The molecule has 1 amide bonds. The summed E-state index contributed by atoms with van der Waals surface area (Å²) in [5, 5.41) is 2.82. The highest BCUT2D eigenvalue weighted by Crippen LogP contribution is 2.12. The Morgan fingerprint density at radius 2 is 1.96 bits per heavy atom. The quantitative estimate of drug-likeness (QED) is 0.706. The van der Waals surface area contributed by atoms with Gasteiger partial charge in [0.15, 0.2) is 0 Å². The predicted octanol–water partition coefficient (Wildman–Crippen LogP) is 3.46. The summed E-state index contributed by atoms with van der Waals surface area (Å²) in [6.45, 7) is 1.10. The van der Waals surface area contributed by atoms with Crippen molar-refractivity contribution in [2.24, 2.45) is 0 Å². The van der Waals surface area contributed by atoms with Gasteiger partial charge in [-0.3, -0.25) is 4.79 Å². The largest absolute Gasteiger partial charge is 0.352 e. The molecule has 0 unspecified atom stereocenters. The number of rotatable bonds is 7. The maximum absolute atomic E-state index is 13.6. The van der Waals surface area contributed by atoms with Crippen LogP contribution in [0.15, 0.2) is 61.2 Å². The highest BCUT2D eigenvalue weighted by Gasteiger charge is 2.08. The molecule has 0 saturated heterocycles. The summed E-state index contributed by atoms with van der Waals surface area (Å²) >= 11 is 0. The van der Waals surface area contributed by atoms with Gasteiger partial charge in [0.1, 0.15) is 11.6 Å². The Morgan fingerprint density at radius 1 is 1.12 bits per heavy atom. The topological polar surface area (TPSA) is 46.9 Å². The van der Waals surface area contributed by atoms with E-state index in [1.807, 2.05) is 35.0 Å². The summed E-state index contributed by atoms with van der Waals surface area (Å²) in [5.74, 6) is -1.20. The van der Waals surface area contributed by atoms with Crippen molar-refractivity contribution < 1.29 is 13.6 Å². The molecule has 0 saturated carbocycles. The van der Waals surface area contributed by atoms with Gasteiger partial charge in [-0.05, 0) is 41.3 Å². The van der Waals surface area contributed by atoms with Gasteiger partial charge in [-0.15, -0.1) is 0 Å². The number of benzene rings is 2. The molecule has 0 aliphatic heterocycles. The first kappa shape index (κ1) is 17.8. The van der Waals surface area contributed by atoms with Gasteiger partial charge >= 0.3 is 0 Å². The van der Waals surface area contributed by atoms with E-state index >= 15 is 0 Å². The van der Waals surface area contributed by atoms with E-state index in [0.717, 1.165) is 29.3 Å². The lowest BCUT2D eigenvalue weighted by Crippen LogP contribution is -2.23. The zero-order valence-corrected chi connectivity index (χ0v) is 14.2. The van der Waals surface area contributed by atoms with Crippen LogP contribution in [-0.4, -0.2) is 15.5 Å². The highest BCUT2D eigenvalue weighted by molar-refractivity contribution is 5.76. The molecular formula is C20H19F2N3O. The third-order valence-corrected chi connectivity index (χ3v) is 4.03. The van der Waals surface area contributed by atoms with Gasteiger partial charge in [-0.1, -0.05) is 24.3 Å². The van der Waals surface area contributed by atoms with Crippen molar-refractivity contribution in [2.75, 3.05) is 0 Å². The first-order valence-corrected chi connectivity index (χ1v) is 8.34. The summed E-state index contributed by atoms with van der Waals surface area (Å²) in [6, 6.07) is 11.2. The molecule has 0 fully saturated rings. The van der Waals surface area contributed by atoms with Crippen molar-refractivity contribution in [2.45, 2.75) is 25.9 Å². The molecule has 1 N–H and O–H groups in total. The lowest BCUT2D eigenvalue weighted by atomic mass is 10.1. The minimum atomic E-state index is -0.503. The molecule has 2 aromatic carbocycles. The van der Waals surface area contributed by atoms with E-state index in [0.29, 0.717) is 13.1 Å². The van der Waals surface area contributed by atoms with Gasteiger partial charge in [0.25, 0.3) is 0 Å². The van der Waals surface area contributed by atoms with Crippen LogP contribution < -0.4 is 5.32 Å². The number of aromatic nitrogens is 2. The van der Waals surface area contributed by atoms with Crippen LogP contribution in [0, 0.1) is 11.6 Å². The zero-order valence-electron chi connectivity index (χ0n) is 14.2. The van der Waals surface area contributed by atoms with Crippen molar-refractivity contribution in [3.63, 3.8) is 0 Å². The van der Waals surface area contributed by atoms with Crippen LogP contribution in [0.25, 0.3) is 0 Å². The standard InChI is InChI=1S/C20H19F2N3O/c21-18-5-6-19(22)17(11-18)4-7-20(26)24-12-15-2-1-3-16(10-15)13-25-9-8-23-14-25/h1-3,5-6,8-11,14H,4,7,12-13H2,(H,24,26). The number of hydrogen-bond acceptors (Lipinski definition) is 2. The molecule has 0 spiro atoms. The Kier molecular flexibility index (Phi) is 5.73. The predicted molar refractivity (Wildman–Crippen MR) is 94.3 cm³/mol. The van der Waals surface area contributed by atoms with Gasteiger partial charge in [-0.25, -0.2) is 13.8 Å². The molecule has 134 valence electrons. The van der Waals surface area contributed by atoms with Gasteiger partial charge < -0.3 is 9.88 Å². The fourth-order valence-electron chi connectivity index (χ4n) is 2.70. The smallest absolute Gasteiger partial charge is 0.220 e. The number of amides is 1. The second kappa shape index (κ2) is 8.38. The van der Waals surface area contributed by atoms with E-state index in [4.69, 9.17) is 0 Å². The second-order valence-corrected chi connectivity index (χ2v) is 6.07. The van der Waals surface area contributed by atoms with E-state index in [9.17, 15) is 13.6 Å². The molecule has 0 radical (unpaired) electrons. The number of hydrogen-bond donors (Lipinski definition) is 1. The van der Waals surface area contributed by atoms with Crippen molar-refractivity contribution in [3.8, 4) is 0 Å². The van der Waals surface area contributed by atoms with E-state index in [1.165, 1.54) is 0 Å². The Balaban J connectivity index is 1.50. The van der Waals surface area contributed by atoms with Crippen molar-refractivity contribution in [1.29, 1.82) is 0 Å². The Hall–Kier alpha value is -3.02. The fourth-order valence-corrected chi connectivity index (χ4v) is 2.70. The fraction of sp³-hybridized carbons (Fsp3) is 0.200. The first-order chi connectivity index (χ1) is 12.6. The molecule has 0 aliphatic rings. The average Bonchev–Trinajstić information content (AvgIpc) is 3.14. The molecule has 1 heterocycles. The lowest BCUT2D eigenvalue weighted by molar-refractivity contribution is -0.121. The molecular weight excluding hydrogens is 336 g/mol. The molecule has 6 heteroatoms. The van der Waals surface area contributed by atoms with Crippen LogP contribution in [-0.2, 0) is 24.3 Å². The number of imidazole rings is 1. The maximum Gasteiger partial charge on any atom is 0.220 e. The normalized spacial score (nSPS) is 10.7. The summed E-state index contributed by atoms with van der Waals surface area (Å²) in [5.41, 5.74) is 2.30. The molecule has 0 atom stereocenters. The number of carbonyl (C=O) groups excluding carboxylic acids is 1. The van der Waals surface area contributed by atoms with Gasteiger partial charge in [0.2, 0.25) is 5.91 Å². The van der Waals surface area contributed by atoms with E-state index in [2.05, 4.69) is 10.3 Å². The Morgan fingerprint density at radius 3 is 2.77 bits per heavy atom. The summed E-state index contributed by atoms with van der Waals surface area (Å²) in [6.07, 6.45) is 5.64. The highest BCUT2D eigenvalue weighted by atomic mass is 19.1. The van der Waals surface area contributed by atoms with Crippen molar-refractivity contribution in [1.82, 2.24) is 14.9 Å². The van der Waals surface area contributed by atoms with Crippen molar-refractivity contribution in [3.05, 3.63) is 89.5 Å². The van der Waals surface area contributed by atoms with Crippen LogP contribution in [0.4, 0.5) is 8.78 Å². The average molecular weight is 355 g/mol. The Bertz CT molecular complexity index is 879. The van der Waals surface area contributed by atoms with Crippen LogP contribution in [0.2, 0.25) is 0 Å². The number of carbonyl (C=O) groups is 1. The molecule has 0 bridgehead atoms. The molecule has 1 aromatic heterocycles. The zero-order chi connectivity index (χ0) is 18.4. The molecule has 3 rings (SSSR count). The number of nitrogens with one attached hydrogen (secondary N) is 1. The number of halogens is 2. The monoisotopic (exact) mass is 355 g/mol. The van der Waals surface area contributed by atoms with Crippen molar-refractivity contribution >= 4 is 5.91 Å². The van der Waals surface area contributed by atoms with Crippen LogP contribution in [0.1, 0.15) is 23.1 Å². The van der Waals surface area contributed by atoms with Gasteiger partial charge in [0.05, 0.1) is 6.33 Å².